The van der Waals surface area contributed by atoms with Gasteiger partial charge in [0.25, 0.3) is 0 Å². The Morgan fingerprint density at radius 3 is 2.15 bits per heavy atom. The topological polar surface area (TPSA) is 71.1 Å². The van der Waals surface area contributed by atoms with Crippen molar-refractivity contribution in [1.29, 1.82) is 0 Å². The SMILES string of the molecule is CN(CCOc1ccc(C2NC(=O)N(C)C3=C2C(=O)c2ccccc23)cc1)CCC(Oc1ccc(C(F)(F)F)cc1)c1ccccc1. The Morgan fingerprint density at radius 1 is 0.830 bits per heavy atom. The average Bonchev–Trinajstić information content (AvgIpc) is 3.37. The summed E-state index contributed by atoms with van der Waals surface area (Å²) < 4.78 is 51.1. The molecule has 2 unspecified atom stereocenters. The second-order valence-corrected chi connectivity index (χ2v) is 11.6. The number of amides is 2. The summed E-state index contributed by atoms with van der Waals surface area (Å²) in [5, 5.41) is 2.96. The Labute approximate surface area is 271 Å². The van der Waals surface area contributed by atoms with Crippen LogP contribution in [-0.2, 0) is 6.18 Å². The molecule has 1 aliphatic heterocycles. The van der Waals surface area contributed by atoms with Crippen molar-refractivity contribution in [3.05, 3.63) is 137 Å². The first kappa shape index (κ1) is 31.9. The number of fused-ring (bicyclic) bond motifs is 2. The van der Waals surface area contributed by atoms with Crippen molar-refractivity contribution >= 4 is 17.5 Å². The molecule has 0 saturated heterocycles. The summed E-state index contributed by atoms with van der Waals surface area (Å²) in [7, 11) is 3.63. The maximum Gasteiger partial charge on any atom is 0.416 e. The molecular formula is C37H34F3N3O4. The molecule has 6 rings (SSSR count). The number of benzene rings is 4. The number of alkyl halides is 3. The third-order valence-electron chi connectivity index (χ3n) is 8.48. The first-order valence-corrected chi connectivity index (χ1v) is 15.3. The average molecular weight is 642 g/mol. The predicted molar refractivity (Wildman–Crippen MR) is 172 cm³/mol. The molecule has 0 radical (unpaired) electrons. The number of urea groups is 1. The molecule has 1 aliphatic carbocycles. The normalized spacial score (nSPS) is 16.6. The number of nitrogens with one attached hydrogen (secondary N) is 1. The van der Waals surface area contributed by atoms with Crippen molar-refractivity contribution in [3.8, 4) is 11.5 Å². The van der Waals surface area contributed by atoms with Crippen molar-refractivity contribution in [2.75, 3.05) is 33.8 Å². The fraction of sp³-hybridized carbons (Fsp3) is 0.243. The van der Waals surface area contributed by atoms with Gasteiger partial charge in [0.2, 0.25) is 0 Å². The number of carbonyl (C=O) groups excluding carboxylic acids is 2. The molecule has 0 spiro atoms. The van der Waals surface area contributed by atoms with E-state index in [1.165, 1.54) is 17.0 Å². The number of hydrogen-bond acceptors (Lipinski definition) is 5. The molecule has 242 valence electrons. The molecule has 4 aromatic rings. The largest absolute Gasteiger partial charge is 0.492 e. The fourth-order valence-electron chi connectivity index (χ4n) is 5.93. The molecular weight excluding hydrogens is 607 g/mol. The number of Topliss-reactive ketones (excluding diaryl/α,β-unsaturated/α-hetero) is 1. The van der Waals surface area contributed by atoms with Crippen LogP contribution < -0.4 is 14.8 Å². The lowest BCUT2D eigenvalue weighted by Crippen LogP contribution is -2.44. The van der Waals surface area contributed by atoms with E-state index in [9.17, 15) is 22.8 Å². The van der Waals surface area contributed by atoms with Crippen LogP contribution in [0.3, 0.4) is 0 Å². The summed E-state index contributed by atoms with van der Waals surface area (Å²) in [6.07, 6.45) is -4.14. The van der Waals surface area contributed by atoms with E-state index in [4.69, 9.17) is 9.47 Å². The monoisotopic (exact) mass is 641 g/mol. The van der Waals surface area contributed by atoms with Gasteiger partial charge in [-0.25, -0.2) is 4.79 Å². The zero-order valence-corrected chi connectivity index (χ0v) is 26.0. The number of ketones is 1. The number of rotatable bonds is 11. The van der Waals surface area contributed by atoms with Gasteiger partial charge in [-0.15, -0.1) is 0 Å². The molecule has 0 aromatic heterocycles. The van der Waals surface area contributed by atoms with Gasteiger partial charge < -0.3 is 19.7 Å². The highest BCUT2D eigenvalue weighted by atomic mass is 19.4. The quantitative estimate of drug-likeness (QED) is 0.183. The first-order chi connectivity index (χ1) is 22.6. The Hall–Kier alpha value is -5.09. The molecule has 7 nitrogen and oxygen atoms in total. The van der Waals surface area contributed by atoms with Crippen LogP contribution in [0.2, 0.25) is 0 Å². The number of carbonyl (C=O) groups is 2. The van der Waals surface area contributed by atoms with Gasteiger partial charge in [0, 0.05) is 37.7 Å². The second-order valence-electron chi connectivity index (χ2n) is 11.6. The van der Waals surface area contributed by atoms with Crippen LogP contribution in [0, 0.1) is 0 Å². The van der Waals surface area contributed by atoms with Crippen LogP contribution >= 0.6 is 0 Å². The summed E-state index contributed by atoms with van der Waals surface area (Å²) in [4.78, 5) is 29.8. The van der Waals surface area contributed by atoms with E-state index in [0.717, 1.165) is 28.8 Å². The van der Waals surface area contributed by atoms with Crippen LogP contribution in [0.4, 0.5) is 18.0 Å². The van der Waals surface area contributed by atoms with Crippen molar-refractivity contribution in [2.45, 2.75) is 24.7 Å². The molecule has 1 N–H and O–H groups in total. The summed E-state index contributed by atoms with van der Waals surface area (Å²) >= 11 is 0. The lowest BCUT2D eigenvalue weighted by atomic mass is 9.94. The maximum absolute atomic E-state index is 13.3. The Morgan fingerprint density at radius 2 is 1.47 bits per heavy atom. The van der Waals surface area contributed by atoms with Gasteiger partial charge in [0.05, 0.1) is 22.9 Å². The Balaban J connectivity index is 1.04. The van der Waals surface area contributed by atoms with E-state index in [1.807, 2.05) is 79.8 Å². The lowest BCUT2D eigenvalue weighted by Gasteiger charge is -2.32. The Bertz CT molecular complexity index is 1770. The minimum Gasteiger partial charge on any atom is -0.492 e. The summed E-state index contributed by atoms with van der Waals surface area (Å²) in [6.45, 7) is 1.70. The molecule has 1 heterocycles. The minimum atomic E-state index is -4.40. The van der Waals surface area contributed by atoms with Crippen LogP contribution in [0.25, 0.3) is 5.70 Å². The summed E-state index contributed by atoms with van der Waals surface area (Å²) in [5.41, 5.74) is 3.55. The standard InChI is InChI=1S/C37H34F3N3O4/c1-42(21-20-31(24-8-4-3-5-9-24)47-28-18-14-26(15-19-28)37(38,39)40)22-23-46-27-16-12-25(13-17-27)33-32-34(43(2)36(45)41-33)29-10-6-7-11-30(29)35(32)44/h3-19,31,33H,20-23H2,1-2H3,(H,41,45). The molecule has 0 fully saturated rings. The van der Waals surface area contributed by atoms with Crippen molar-refractivity contribution in [2.24, 2.45) is 0 Å². The van der Waals surface area contributed by atoms with Crippen LogP contribution in [0.1, 0.15) is 51.2 Å². The van der Waals surface area contributed by atoms with Gasteiger partial charge in [0.15, 0.2) is 5.78 Å². The maximum atomic E-state index is 13.3. The molecule has 0 saturated carbocycles. The van der Waals surface area contributed by atoms with E-state index in [0.29, 0.717) is 54.4 Å². The third kappa shape index (κ3) is 6.88. The van der Waals surface area contributed by atoms with E-state index < -0.39 is 17.8 Å². The van der Waals surface area contributed by atoms with Gasteiger partial charge >= 0.3 is 12.2 Å². The van der Waals surface area contributed by atoms with Gasteiger partial charge in [-0.1, -0.05) is 66.7 Å². The highest BCUT2D eigenvalue weighted by Crippen LogP contribution is 2.43. The van der Waals surface area contributed by atoms with Gasteiger partial charge in [-0.2, -0.15) is 13.2 Å². The van der Waals surface area contributed by atoms with Crippen LogP contribution in [-0.4, -0.2) is 55.4 Å². The summed E-state index contributed by atoms with van der Waals surface area (Å²) in [6, 6.07) is 28.2. The number of ether oxygens (including phenoxy) is 2. The fourth-order valence-corrected chi connectivity index (χ4v) is 5.93. The molecule has 0 bridgehead atoms. The van der Waals surface area contributed by atoms with Crippen molar-refractivity contribution < 1.29 is 32.2 Å². The molecule has 4 aromatic carbocycles. The van der Waals surface area contributed by atoms with Gasteiger partial charge in [-0.3, -0.25) is 9.69 Å². The first-order valence-electron chi connectivity index (χ1n) is 15.3. The second kappa shape index (κ2) is 13.3. The van der Waals surface area contributed by atoms with Crippen LogP contribution in [0.5, 0.6) is 11.5 Å². The highest BCUT2D eigenvalue weighted by molar-refractivity contribution is 6.23. The van der Waals surface area contributed by atoms with E-state index in [-0.39, 0.29) is 17.9 Å². The molecule has 2 amide bonds. The van der Waals surface area contributed by atoms with Crippen molar-refractivity contribution in [3.63, 3.8) is 0 Å². The zero-order valence-electron chi connectivity index (χ0n) is 26.0. The van der Waals surface area contributed by atoms with Gasteiger partial charge in [-0.05, 0) is 54.6 Å². The highest BCUT2D eigenvalue weighted by Gasteiger charge is 2.42. The summed E-state index contributed by atoms with van der Waals surface area (Å²) in [5.74, 6) is 0.940. The molecule has 2 aliphatic rings. The molecule has 47 heavy (non-hydrogen) atoms. The zero-order chi connectivity index (χ0) is 33.1. The molecule has 2 atom stereocenters. The van der Waals surface area contributed by atoms with E-state index in [1.54, 1.807) is 13.1 Å². The number of likely N-dealkylation sites (N-methyl/N-ethyl adjacent to an activating group) is 1. The smallest absolute Gasteiger partial charge is 0.416 e. The van der Waals surface area contributed by atoms with Gasteiger partial charge in [0.1, 0.15) is 24.2 Å². The molecule has 10 heteroatoms. The Kier molecular flexibility index (Phi) is 9.04. The third-order valence-corrected chi connectivity index (χ3v) is 8.48. The van der Waals surface area contributed by atoms with E-state index >= 15 is 0 Å². The number of nitrogens with zero attached hydrogens (tertiary/aromatic N) is 2. The number of halogens is 3. The van der Waals surface area contributed by atoms with Crippen LogP contribution in [0.15, 0.2) is 109 Å². The van der Waals surface area contributed by atoms with E-state index in [2.05, 4.69) is 10.2 Å². The number of hydrogen-bond donors (Lipinski definition) is 1. The van der Waals surface area contributed by atoms with Crippen molar-refractivity contribution in [1.82, 2.24) is 15.1 Å². The lowest BCUT2D eigenvalue weighted by molar-refractivity contribution is -0.137. The predicted octanol–water partition coefficient (Wildman–Crippen LogP) is 7.53. The minimum absolute atomic E-state index is 0.0879.